The lowest BCUT2D eigenvalue weighted by Gasteiger charge is -2.48. The van der Waals surface area contributed by atoms with Gasteiger partial charge in [-0.15, -0.1) is 0 Å². The molecule has 0 N–H and O–H groups in total. The van der Waals surface area contributed by atoms with Gasteiger partial charge in [-0.05, 0) is 35.3 Å². The highest BCUT2D eigenvalue weighted by Gasteiger charge is 2.50. The van der Waals surface area contributed by atoms with Crippen LogP contribution < -0.4 is 0 Å². The maximum Gasteiger partial charge on any atom is 0.410 e. The molecule has 2 atom stereocenters. The van der Waals surface area contributed by atoms with Gasteiger partial charge in [0.1, 0.15) is 13.2 Å². The van der Waals surface area contributed by atoms with Crippen molar-refractivity contribution in [1.82, 2.24) is 4.90 Å². The maximum atomic E-state index is 13.6. The number of hydrogen-bond acceptors (Lipinski definition) is 5. The minimum absolute atomic E-state index is 0.101. The second-order valence-corrected chi connectivity index (χ2v) is 10.3. The smallest absolute Gasteiger partial charge is 0.410 e. The Morgan fingerprint density at radius 3 is 2.03 bits per heavy atom. The molecule has 184 valence electrons. The van der Waals surface area contributed by atoms with Crippen molar-refractivity contribution in [2.24, 2.45) is 16.7 Å². The van der Waals surface area contributed by atoms with Crippen LogP contribution in [0.3, 0.4) is 0 Å². The van der Waals surface area contributed by atoms with E-state index in [2.05, 4.69) is 20.8 Å². The highest BCUT2D eigenvalue weighted by Crippen LogP contribution is 2.44. The number of likely N-dealkylation sites (tertiary alicyclic amines) is 1. The Balaban J connectivity index is 1.80. The number of ether oxygens (including phenoxy) is 3. The number of rotatable bonds is 8. The van der Waals surface area contributed by atoms with Crippen molar-refractivity contribution in [2.75, 3.05) is 26.8 Å². The third kappa shape index (κ3) is 6.83. The summed E-state index contributed by atoms with van der Waals surface area (Å²) in [7, 11) is 1.62. The first-order valence-electron chi connectivity index (χ1n) is 11.9. The zero-order chi connectivity index (χ0) is 24.6. The van der Waals surface area contributed by atoms with Crippen LogP contribution in [0, 0.1) is 16.7 Å². The molecule has 1 unspecified atom stereocenters. The fourth-order valence-electron chi connectivity index (χ4n) is 4.43. The number of amides is 1. The minimum atomic E-state index is -0.854. The van der Waals surface area contributed by atoms with Crippen LogP contribution in [-0.4, -0.2) is 43.8 Å². The van der Waals surface area contributed by atoms with E-state index >= 15 is 0 Å². The quantitative estimate of drug-likeness (QED) is 0.483. The van der Waals surface area contributed by atoms with Crippen LogP contribution in [0.2, 0.25) is 0 Å². The van der Waals surface area contributed by atoms with E-state index in [1.807, 2.05) is 60.7 Å². The van der Waals surface area contributed by atoms with Crippen LogP contribution in [0.15, 0.2) is 60.7 Å². The van der Waals surface area contributed by atoms with Gasteiger partial charge in [0.2, 0.25) is 0 Å². The van der Waals surface area contributed by atoms with Crippen molar-refractivity contribution >= 4 is 12.1 Å². The lowest BCUT2D eigenvalue weighted by Crippen LogP contribution is -2.56. The Morgan fingerprint density at radius 1 is 0.941 bits per heavy atom. The van der Waals surface area contributed by atoms with Crippen LogP contribution in [0.5, 0.6) is 0 Å². The Labute approximate surface area is 203 Å². The second kappa shape index (κ2) is 11.5. The summed E-state index contributed by atoms with van der Waals surface area (Å²) in [4.78, 5) is 28.4. The number of carbonyl (C=O) groups is 2. The summed E-state index contributed by atoms with van der Waals surface area (Å²) < 4.78 is 16.8. The molecule has 1 aliphatic rings. The first-order valence-corrected chi connectivity index (χ1v) is 11.9. The third-order valence-corrected chi connectivity index (χ3v) is 6.69. The van der Waals surface area contributed by atoms with Crippen molar-refractivity contribution in [3.63, 3.8) is 0 Å². The summed E-state index contributed by atoms with van der Waals surface area (Å²) in [5, 5.41) is 0. The van der Waals surface area contributed by atoms with Crippen molar-refractivity contribution in [2.45, 2.75) is 46.8 Å². The van der Waals surface area contributed by atoms with Crippen molar-refractivity contribution in [3.8, 4) is 0 Å². The zero-order valence-corrected chi connectivity index (χ0v) is 20.8. The molecule has 0 spiro atoms. The average Bonchev–Trinajstić information content (AvgIpc) is 2.85. The molecule has 0 radical (unpaired) electrons. The van der Waals surface area contributed by atoms with Gasteiger partial charge in [0.15, 0.2) is 0 Å². The normalized spacial score (nSPS) is 20.6. The van der Waals surface area contributed by atoms with E-state index in [1.54, 1.807) is 12.0 Å². The monoisotopic (exact) mass is 467 g/mol. The van der Waals surface area contributed by atoms with E-state index in [0.717, 1.165) is 11.1 Å². The molecule has 0 aromatic heterocycles. The van der Waals surface area contributed by atoms with Crippen molar-refractivity contribution < 1.29 is 23.8 Å². The molecule has 1 fully saturated rings. The Morgan fingerprint density at radius 2 is 1.50 bits per heavy atom. The molecule has 1 amide bonds. The van der Waals surface area contributed by atoms with E-state index in [0.29, 0.717) is 26.0 Å². The van der Waals surface area contributed by atoms with Gasteiger partial charge in [0.25, 0.3) is 0 Å². The molecule has 6 nitrogen and oxygen atoms in total. The van der Waals surface area contributed by atoms with Crippen LogP contribution in [0.25, 0.3) is 0 Å². The van der Waals surface area contributed by atoms with Crippen LogP contribution >= 0.6 is 0 Å². The fourth-order valence-corrected chi connectivity index (χ4v) is 4.43. The van der Waals surface area contributed by atoms with Gasteiger partial charge in [-0.25, -0.2) is 4.79 Å². The van der Waals surface area contributed by atoms with Gasteiger partial charge in [0, 0.05) is 26.8 Å². The van der Waals surface area contributed by atoms with E-state index in [9.17, 15) is 9.59 Å². The number of piperidine rings is 1. The Bertz CT molecular complexity index is 925. The van der Waals surface area contributed by atoms with Crippen molar-refractivity contribution in [3.05, 3.63) is 71.8 Å². The van der Waals surface area contributed by atoms with Crippen LogP contribution in [0.1, 0.15) is 44.7 Å². The SMILES string of the molecule is COCC[C@@]1(C(=O)OCc2ccccc2)CC(C(C)(C)C)CN(C(=O)OCc2ccccc2)C1. The molecular weight excluding hydrogens is 430 g/mol. The summed E-state index contributed by atoms with van der Waals surface area (Å²) in [6.07, 6.45) is 0.706. The first-order chi connectivity index (χ1) is 16.2. The summed E-state index contributed by atoms with van der Waals surface area (Å²) in [5.74, 6) is -0.185. The zero-order valence-electron chi connectivity index (χ0n) is 20.8. The third-order valence-electron chi connectivity index (χ3n) is 6.69. The highest BCUT2D eigenvalue weighted by atomic mass is 16.6. The van der Waals surface area contributed by atoms with E-state index < -0.39 is 11.5 Å². The molecule has 0 saturated carbocycles. The molecule has 34 heavy (non-hydrogen) atoms. The molecule has 2 aromatic rings. The van der Waals surface area contributed by atoms with Gasteiger partial charge >= 0.3 is 12.1 Å². The molecule has 6 heteroatoms. The number of nitrogens with zero attached hydrogens (tertiary/aromatic N) is 1. The van der Waals surface area contributed by atoms with E-state index in [1.165, 1.54) is 0 Å². The molecule has 2 aromatic carbocycles. The van der Waals surface area contributed by atoms with Gasteiger partial charge in [-0.1, -0.05) is 81.4 Å². The van der Waals surface area contributed by atoms with Crippen LogP contribution in [-0.2, 0) is 32.2 Å². The second-order valence-electron chi connectivity index (χ2n) is 10.3. The predicted molar refractivity (Wildman–Crippen MR) is 131 cm³/mol. The maximum absolute atomic E-state index is 13.6. The highest BCUT2D eigenvalue weighted by molar-refractivity contribution is 5.79. The van der Waals surface area contributed by atoms with Crippen LogP contribution in [0.4, 0.5) is 4.79 Å². The lowest BCUT2D eigenvalue weighted by atomic mass is 9.66. The van der Waals surface area contributed by atoms with Gasteiger partial charge in [-0.2, -0.15) is 0 Å². The number of hydrogen-bond donors (Lipinski definition) is 0. The van der Waals surface area contributed by atoms with Gasteiger partial charge < -0.3 is 19.1 Å². The molecule has 3 rings (SSSR count). The largest absolute Gasteiger partial charge is 0.460 e. The molecule has 0 bridgehead atoms. The summed E-state index contributed by atoms with van der Waals surface area (Å²) in [5.41, 5.74) is 0.900. The summed E-state index contributed by atoms with van der Waals surface area (Å²) in [6.45, 7) is 8.03. The van der Waals surface area contributed by atoms with Crippen molar-refractivity contribution in [1.29, 1.82) is 0 Å². The lowest BCUT2D eigenvalue weighted by molar-refractivity contribution is -0.165. The fraction of sp³-hybridized carbons (Fsp3) is 0.500. The number of methoxy groups -OCH3 is 1. The molecule has 1 saturated heterocycles. The number of benzene rings is 2. The molecule has 1 aliphatic heterocycles. The van der Waals surface area contributed by atoms with Gasteiger partial charge in [-0.3, -0.25) is 4.79 Å². The van der Waals surface area contributed by atoms with E-state index in [-0.39, 0.29) is 37.1 Å². The Kier molecular flexibility index (Phi) is 8.72. The first kappa shape index (κ1) is 25.8. The summed E-state index contributed by atoms with van der Waals surface area (Å²) >= 11 is 0. The Hall–Kier alpha value is -2.86. The molecular formula is C28H37NO5. The van der Waals surface area contributed by atoms with Gasteiger partial charge in [0.05, 0.1) is 5.41 Å². The predicted octanol–water partition coefficient (Wildman–Crippen LogP) is 5.46. The van der Waals surface area contributed by atoms with E-state index in [4.69, 9.17) is 14.2 Å². The standard InChI is InChI=1S/C28H37NO5/c1-27(2,3)24-17-28(15-16-32-4,25(30)33-19-22-11-7-5-8-12-22)21-29(18-24)26(31)34-20-23-13-9-6-10-14-23/h5-14,24H,15-21H2,1-4H3/t24?,28-/m1/s1. The topological polar surface area (TPSA) is 65.1 Å². The molecule has 1 heterocycles. The summed E-state index contributed by atoms with van der Waals surface area (Å²) in [6, 6.07) is 19.2. The average molecular weight is 468 g/mol. The number of carbonyl (C=O) groups excluding carboxylic acids is 2. The number of esters is 1. The minimum Gasteiger partial charge on any atom is -0.460 e. The molecule has 0 aliphatic carbocycles.